The van der Waals surface area contributed by atoms with Gasteiger partial charge >= 0.3 is 0 Å². The van der Waals surface area contributed by atoms with Crippen molar-refractivity contribution in [2.24, 2.45) is 0 Å². The summed E-state index contributed by atoms with van der Waals surface area (Å²) in [7, 11) is 0. The molecule has 0 unspecified atom stereocenters. The van der Waals surface area contributed by atoms with Crippen LogP contribution in [0.25, 0.3) is 5.57 Å². The molecule has 0 aliphatic heterocycles. The molecule has 0 saturated carbocycles. The van der Waals surface area contributed by atoms with E-state index in [1.807, 2.05) is 12.3 Å². The summed E-state index contributed by atoms with van der Waals surface area (Å²) in [6, 6.07) is 14.9. The lowest BCUT2D eigenvalue weighted by atomic mass is 9.87. The number of benzene rings is 1. The van der Waals surface area contributed by atoms with E-state index in [1.54, 1.807) is 0 Å². The molecule has 0 amide bonds. The van der Waals surface area contributed by atoms with Gasteiger partial charge in [-0.05, 0) is 49.1 Å². The highest BCUT2D eigenvalue weighted by atomic mass is 14.7. The van der Waals surface area contributed by atoms with E-state index < -0.39 is 0 Å². The summed E-state index contributed by atoms with van der Waals surface area (Å²) in [5, 5.41) is 0. The first-order chi connectivity index (χ1) is 10.1. The van der Waals surface area contributed by atoms with Gasteiger partial charge in [-0.1, -0.05) is 56.2 Å². The fourth-order valence-corrected chi connectivity index (χ4v) is 2.82. The average Bonchev–Trinajstić information content (AvgIpc) is 2.53. The monoisotopic (exact) mass is 279 g/mol. The zero-order valence-corrected chi connectivity index (χ0v) is 13.6. The molecule has 1 nitrogen and oxygen atoms in total. The molecule has 2 aromatic rings. The molecule has 21 heavy (non-hydrogen) atoms. The summed E-state index contributed by atoms with van der Waals surface area (Å²) >= 11 is 0. The molecule has 2 rings (SSSR count). The first-order valence-electron chi connectivity index (χ1n) is 7.81. The van der Waals surface area contributed by atoms with Crippen molar-refractivity contribution in [3.63, 3.8) is 0 Å². The standard InChI is InChI=1S/C20H25N/c1-5-10-19(18-12-7-6-11-15(18)2)16(3)17(4)20-13-8-9-14-21-20/h6-9,11-14,17H,5,10H2,1-4H3/b19-16+/t17-/m0/s1. The summed E-state index contributed by atoms with van der Waals surface area (Å²) in [4.78, 5) is 4.52. The number of hydrogen-bond donors (Lipinski definition) is 0. The molecule has 0 fully saturated rings. The van der Waals surface area contributed by atoms with Crippen LogP contribution in [0.5, 0.6) is 0 Å². The van der Waals surface area contributed by atoms with E-state index in [4.69, 9.17) is 0 Å². The lowest BCUT2D eigenvalue weighted by Gasteiger charge is -2.19. The zero-order valence-electron chi connectivity index (χ0n) is 13.6. The van der Waals surface area contributed by atoms with Gasteiger partial charge in [0, 0.05) is 17.8 Å². The maximum absolute atomic E-state index is 4.52. The Balaban J connectivity index is 2.46. The Morgan fingerprint density at radius 3 is 2.43 bits per heavy atom. The van der Waals surface area contributed by atoms with Gasteiger partial charge in [0.15, 0.2) is 0 Å². The topological polar surface area (TPSA) is 12.9 Å². The van der Waals surface area contributed by atoms with E-state index in [0.717, 1.165) is 18.5 Å². The lowest BCUT2D eigenvalue weighted by Crippen LogP contribution is -2.02. The quantitative estimate of drug-likeness (QED) is 0.677. The maximum Gasteiger partial charge on any atom is 0.0472 e. The molecule has 110 valence electrons. The molecular formula is C20H25N. The molecule has 0 bridgehead atoms. The number of rotatable bonds is 5. The normalized spacial score (nSPS) is 13.7. The predicted molar refractivity (Wildman–Crippen MR) is 91.3 cm³/mol. The molecule has 1 aromatic heterocycles. The van der Waals surface area contributed by atoms with Crippen molar-refractivity contribution in [1.29, 1.82) is 0 Å². The number of hydrogen-bond acceptors (Lipinski definition) is 1. The van der Waals surface area contributed by atoms with Gasteiger partial charge in [-0.2, -0.15) is 0 Å². The van der Waals surface area contributed by atoms with Gasteiger partial charge in [0.25, 0.3) is 0 Å². The molecule has 1 atom stereocenters. The van der Waals surface area contributed by atoms with Crippen LogP contribution in [0.4, 0.5) is 0 Å². The van der Waals surface area contributed by atoms with Gasteiger partial charge in [-0.3, -0.25) is 4.98 Å². The summed E-state index contributed by atoms with van der Waals surface area (Å²) < 4.78 is 0. The second-order valence-corrected chi connectivity index (χ2v) is 5.70. The van der Waals surface area contributed by atoms with Crippen LogP contribution in [-0.2, 0) is 0 Å². The first-order valence-corrected chi connectivity index (χ1v) is 7.81. The van der Waals surface area contributed by atoms with Gasteiger partial charge in [-0.25, -0.2) is 0 Å². The Bertz CT molecular complexity index is 611. The molecule has 1 heteroatoms. The van der Waals surface area contributed by atoms with Crippen LogP contribution in [0.3, 0.4) is 0 Å². The molecule has 0 spiro atoms. The fraction of sp³-hybridized carbons (Fsp3) is 0.350. The third-order valence-electron chi connectivity index (χ3n) is 4.23. The van der Waals surface area contributed by atoms with Crippen molar-refractivity contribution in [2.45, 2.75) is 46.5 Å². The summed E-state index contributed by atoms with van der Waals surface area (Å²) in [5.74, 6) is 0.354. The third-order valence-corrected chi connectivity index (χ3v) is 4.23. The number of aromatic nitrogens is 1. The van der Waals surface area contributed by atoms with E-state index in [0.29, 0.717) is 5.92 Å². The fourth-order valence-electron chi connectivity index (χ4n) is 2.82. The first kappa shape index (κ1) is 15.5. The lowest BCUT2D eigenvalue weighted by molar-refractivity contribution is 0.837. The molecule has 0 N–H and O–H groups in total. The van der Waals surface area contributed by atoms with E-state index in [2.05, 4.69) is 69.1 Å². The molecule has 0 aliphatic carbocycles. The van der Waals surface area contributed by atoms with Crippen LogP contribution in [0.2, 0.25) is 0 Å². The largest absolute Gasteiger partial charge is 0.261 e. The zero-order chi connectivity index (χ0) is 15.2. The van der Waals surface area contributed by atoms with Crippen molar-refractivity contribution < 1.29 is 0 Å². The van der Waals surface area contributed by atoms with Gasteiger partial charge in [-0.15, -0.1) is 0 Å². The second kappa shape index (κ2) is 7.21. The Morgan fingerprint density at radius 1 is 1.10 bits per heavy atom. The smallest absolute Gasteiger partial charge is 0.0472 e. The van der Waals surface area contributed by atoms with Crippen LogP contribution in [0.15, 0.2) is 54.2 Å². The second-order valence-electron chi connectivity index (χ2n) is 5.70. The Hall–Kier alpha value is -1.89. The minimum atomic E-state index is 0.354. The van der Waals surface area contributed by atoms with E-state index in [-0.39, 0.29) is 0 Å². The van der Waals surface area contributed by atoms with E-state index in [9.17, 15) is 0 Å². The average molecular weight is 279 g/mol. The van der Waals surface area contributed by atoms with Crippen molar-refractivity contribution in [1.82, 2.24) is 4.98 Å². The van der Waals surface area contributed by atoms with Crippen molar-refractivity contribution >= 4 is 5.57 Å². The number of allylic oxidation sites excluding steroid dienone is 2. The SMILES string of the molecule is CCC/C(=C(/C)[C@H](C)c1ccccn1)c1ccccc1C. The van der Waals surface area contributed by atoms with Crippen LogP contribution in [0, 0.1) is 6.92 Å². The van der Waals surface area contributed by atoms with Crippen LogP contribution in [0.1, 0.15) is 56.4 Å². The third kappa shape index (κ3) is 3.60. The maximum atomic E-state index is 4.52. The van der Waals surface area contributed by atoms with E-state index in [1.165, 1.54) is 22.3 Å². The summed E-state index contributed by atoms with van der Waals surface area (Å²) in [6.07, 6.45) is 4.16. The molecular weight excluding hydrogens is 254 g/mol. The summed E-state index contributed by atoms with van der Waals surface area (Å²) in [5.41, 5.74) is 6.81. The highest BCUT2D eigenvalue weighted by molar-refractivity contribution is 5.71. The minimum absolute atomic E-state index is 0.354. The number of nitrogens with zero attached hydrogens (tertiary/aromatic N) is 1. The van der Waals surface area contributed by atoms with Crippen LogP contribution in [-0.4, -0.2) is 4.98 Å². The van der Waals surface area contributed by atoms with Crippen molar-refractivity contribution in [3.05, 3.63) is 71.1 Å². The molecule has 1 aromatic carbocycles. The number of pyridine rings is 1. The highest BCUT2D eigenvalue weighted by Crippen LogP contribution is 2.33. The van der Waals surface area contributed by atoms with Gasteiger partial charge < -0.3 is 0 Å². The van der Waals surface area contributed by atoms with Crippen LogP contribution >= 0.6 is 0 Å². The minimum Gasteiger partial charge on any atom is -0.261 e. The van der Waals surface area contributed by atoms with Gasteiger partial charge in [0.2, 0.25) is 0 Å². The predicted octanol–water partition coefficient (Wildman–Crippen LogP) is 5.77. The Labute approximate surface area is 128 Å². The van der Waals surface area contributed by atoms with Gasteiger partial charge in [0.1, 0.15) is 0 Å². The van der Waals surface area contributed by atoms with Gasteiger partial charge in [0.05, 0.1) is 0 Å². The van der Waals surface area contributed by atoms with E-state index >= 15 is 0 Å². The van der Waals surface area contributed by atoms with Crippen LogP contribution < -0.4 is 0 Å². The Morgan fingerprint density at radius 2 is 1.81 bits per heavy atom. The molecule has 0 aliphatic rings. The number of aryl methyl sites for hydroxylation is 1. The summed E-state index contributed by atoms with van der Waals surface area (Å²) in [6.45, 7) is 8.96. The molecule has 1 heterocycles. The van der Waals surface area contributed by atoms with Crippen molar-refractivity contribution in [2.75, 3.05) is 0 Å². The van der Waals surface area contributed by atoms with Crippen molar-refractivity contribution in [3.8, 4) is 0 Å². The molecule has 0 radical (unpaired) electrons. The molecule has 0 saturated heterocycles. The highest BCUT2D eigenvalue weighted by Gasteiger charge is 2.15. The Kier molecular flexibility index (Phi) is 5.32.